The van der Waals surface area contributed by atoms with Gasteiger partial charge in [0.1, 0.15) is 0 Å². The molecule has 1 fully saturated rings. The van der Waals surface area contributed by atoms with Crippen molar-refractivity contribution in [3.8, 4) is 0 Å². The highest BCUT2D eigenvalue weighted by molar-refractivity contribution is 5.79. The van der Waals surface area contributed by atoms with E-state index in [-0.39, 0.29) is 0 Å². The Labute approximate surface area is 108 Å². The molecule has 0 amide bonds. The number of nitrogens with one attached hydrogen (secondary N) is 1. The zero-order valence-corrected chi connectivity index (χ0v) is 10.9. The van der Waals surface area contributed by atoms with Crippen molar-refractivity contribution in [3.05, 3.63) is 30.0 Å². The summed E-state index contributed by atoms with van der Waals surface area (Å²) in [4.78, 5) is 2.53. The van der Waals surface area contributed by atoms with Crippen molar-refractivity contribution in [2.24, 2.45) is 7.05 Å². The van der Waals surface area contributed by atoms with E-state index >= 15 is 0 Å². The van der Waals surface area contributed by atoms with E-state index in [0.29, 0.717) is 0 Å². The van der Waals surface area contributed by atoms with Gasteiger partial charge >= 0.3 is 0 Å². The molecule has 0 saturated carbocycles. The molecule has 96 valence electrons. The lowest BCUT2D eigenvalue weighted by molar-refractivity contribution is 0.244. The number of fused-ring (bicyclic) bond motifs is 1. The number of aromatic nitrogens is 2. The summed E-state index contributed by atoms with van der Waals surface area (Å²) in [7, 11) is 1.99. The molecule has 1 aromatic heterocycles. The third-order valence-electron chi connectivity index (χ3n) is 3.74. The summed E-state index contributed by atoms with van der Waals surface area (Å²) in [5.74, 6) is 0. The molecule has 0 spiro atoms. The third kappa shape index (κ3) is 2.40. The first-order valence-electron chi connectivity index (χ1n) is 6.67. The topological polar surface area (TPSA) is 33.1 Å². The fourth-order valence-corrected chi connectivity index (χ4v) is 2.59. The Balaban J connectivity index is 1.66. The van der Waals surface area contributed by atoms with Crippen LogP contribution in [0.4, 0.5) is 0 Å². The highest BCUT2D eigenvalue weighted by Crippen LogP contribution is 2.15. The van der Waals surface area contributed by atoms with E-state index in [4.69, 9.17) is 0 Å². The van der Waals surface area contributed by atoms with E-state index in [1.54, 1.807) is 0 Å². The quantitative estimate of drug-likeness (QED) is 0.875. The van der Waals surface area contributed by atoms with Gasteiger partial charge < -0.3 is 10.2 Å². The predicted octanol–water partition coefficient (Wildman–Crippen LogP) is 1.02. The van der Waals surface area contributed by atoms with E-state index in [2.05, 4.69) is 33.5 Å². The monoisotopic (exact) mass is 244 g/mol. The standard InChI is InChI=1S/C14H20N4/c1-17-14-3-2-12(10-13(14)11-16-17)4-7-18-8-5-15-6-9-18/h2-3,10-11,15H,4-9H2,1H3. The lowest BCUT2D eigenvalue weighted by atomic mass is 10.1. The van der Waals surface area contributed by atoms with Gasteiger partial charge in [-0.1, -0.05) is 6.07 Å². The highest BCUT2D eigenvalue weighted by atomic mass is 15.2. The van der Waals surface area contributed by atoms with Crippen molar-refractivity contribution >= 4 is 10.9 Å². The van der Waals surface area contributed by atoms with Gasteiger partial charge in [0, 0.05) is 45.2 Å². The molecular formula is C14H20N4. The zero-order valence-electron chi connectivity index (χ0n) is 10.9. The van der Waals surface area contributed by atoms with E-state index in [1.165, 1.54) is 29.6 Å². The second-order valence-corrected chi connectivity index (χ2v) is 5.00. The van der Waals surface area contributed by atoms with Crippen LogP contribution in [-0.2, 0) is 13.5 Å². The number of rotatable bonds is 3. The van der Waals surface area contributed by atoms with Crippen LogP contribution in [0.2, 0.25) is 0 Å². The maximum atomic E-state index is 4.28. The van der Waals surface area contributed by atoms with Gasteiger partial charge in [-0.15, -0.1) is 0 Å². The first-order chi connectivity index (χ1) is 8.83. The highest BCUT2D eigenvalue weighted by Gasteiger charge is 2.09. The van der Waals surface area contributed by atoms with E-state index in [0.717, 1.165) is 26.1 Å². The molecule has 2 heterocycles. The van der Waals surface area contributed by atoms with Crippen molar-refractivity contribution < 1.29 is 0 Å². The molecule has 0 unspecified atom stereocenters. The molecule has 1 aliphatic rings. The zero-order chi connectivity index (χ0) is 12.4. The summed E-state index contributed by atoms with van der Waals surface area (Å²) in [6.45, 7) is 5.76. The SMILES string of the molecule is Cn1ncc2cc(CCN3CCNCC3)ccc21. The molecule has 1 aliphatic heterocycles. The molecule has 4 heteroatoms. The number of hydrogen-bond donors (Lipinski definition) is 1. The van der Waals surface area contributed by atoms with Gasteiger partial charge in [0.2, 0.25) is 0 Å². The fourth-order valence-electron chi connectivity index (χ4n) is 2.59. The molecular weight excluding hydrogens is 224 g/mol. The lowest BCUT2D eigenvalue weighted by Crippen LogP contribution is -2.44. The summed E-state index contributed by atoms with van der Waals surface area (Å²) < 4.78 is 1.93. The van der Waals surface area contributed by atoms with E-state index in [9.17, 15) is 0 Å². The van der Waals surface area contributed by atoms with Gasteiger partial charge in [-0.25, -0.2) is 0 Å². The summed E-state index contributed by atoms with van der Waals surface area (Å²) in [5, 5.41) is 8.92. The van der Waals surface area contributed by atoms with Crippen LogP contribution in [0.15, 0.2) is 24.4 Å². The molecule has 1 aromatic carbocycles. The Kier molecular flexibility index (Phi) is 3.30. The van der Waals surface area contributed by atoms with Crippen molar-refractivity contribution in [3.63, 3.8) is 0 Å². The van der Waals surface area contributed by atoms with Crippen LogP contribution in [-0.4, -0.2) is 47.4 Å². The Hall–Kier alpha value is -1.39. The van der Waals surface area contributed by atoms with Gasteiger partial charge in [-0.3, -0.25) is 4.68 Å². The minimum absolute atomic E-state index is 1.13. The molecule has 0 bridgehead atoms. The molecule has 3 rings (SSSR count). The Morgan fingerprint density at radius 3 is 2.94 bits per heavy atom. The van der Waals surface area contributed by atoms with Crippen molar-refractivity contribution in [2.75, 3.05) is 32.7 Å². The second kappa shape index (κ2) is 5.08. The van der Waals surface area contributed by atoms with Crippen LogP contribution in [0.25, 0.3) is 10.9 Å². The fraction of sp³-hybridized carbons (Fsp3) is 0.500. The normalized spacial score (nSPS) is 17.4. The first-order valence-corrected chi connectivity index (χ1v) is 6.67. The van der Waals surface area contributed by atoms with Crippen molar-refractivity contribution in [1.82, 2.24) is 20.0 Å². The number of nitrogens with zero attached hydrogens (tertiary/aromatic N) is 3. The molecule has 0 radical (unpaired) electrons. The summed E-state index contributed by atoms with van der Waals surface area (Å²) in [6, 6.07) is 6.67. The second-order valence-electron chi connectivity index (χ2n) is 5.00. The van der Waals surface area contributed by atoms with Crippen LogP contribution in [0.3, 0.4) is 0 Å². The molecule has 0 atom stereocenters. The van der Waals surface area contributed by atoms with Crippen LogP contribution in [0, 0.1) is 0 Å². The third-order valence-corrected chi connectivity index (χ3v) is 3.74. The minimum atomic E-state index is 1.13. The number of aryl methyl sites for hydroxylation is 1. The van der Waals surface area contributed by atoms with Gasteiger partial charge in [-0.05, 0) is 24.1 Å². The number of piperazine rings is 1. The van der Waals surface area contributed by atoms with Gasteiger partial charge in [0.05, 0.1) is 11.7 Å². The summed E-state index contributed by atoms with van der Waals surface area (Å²) >= 11 is 0. The van der Waals surface area contributed by atoms with Crippen molar-refractivity contribution in [1.29, 1.82) is 0 Å². The van der Waals surface area contributed by atoms with E-state index < -0.39 is 0 Å². The lowest BCUT2D eigenvalue weighted by Gasteiger charge is -2.27. The Morgan fingerprint density at radius 1 is 1.28 bits per heavy atom. The average Bonchev–Trinajstić information content (AvgIpc) is 2.79. The van der Waals surface area contributed by atoms with Crippen LogP contribution < -0.4 is 5.32 Å². The average molecular weight is 244 g/mol. The van der Waals surface area contributed by atoms with E-state index in [1.807, 2.05) is 17.9 Å². The Bertz CT molecular complexity index is 526. The van der Waals surface area contributed by atoms with Crippen LogP contribution in [0.1, 0.15) is 5.56 Å². The maximum absolute atomic E-state index is 4.28. The van der Waals surface area contributed by atoms with Gasteiger partial charge in [-0.2, -0.15) is 5.10 Å². The van der Waals surface area contributed by atoms with Crippen LogP contribution >= 0.6 is 0 Å². The molecule has 4 nitrogen and oxygen atoms in total. The largest absolute Gasteiger partial charge is 0.314 e. The maximum Gasteiger partial charge on any atom is 0.0679 e. The molecule has 1 N–H and O–H groups in total. The molecule has 1 saturated heterocycles. The summed E-state index contributed by atoms with van der Waals surface area (Å²) in [5.41, 5.74) is 2.62. The molecule has 18 heavy (non-hydrogen) atoms. The number of benzene rings is 1. The van der Waals surface area contributed by atoms with Gasteiger partial charge in [0.15, 0.2) is 0 Å². The first kappa shape index (κ1) is 11.7. The number of hydrogen-bond acceptors (Lipinski definition) is 3. The summed E-state index contributed by atoms with van der Waals surface area (Å²) in [6.07, 6.45) is 3.08. The molecule has 2 aromatic rings. The Morgan fingerprint density at radius 2 is 2.11 bits per heavy atom. The van der Waals surface area contributed by atoms with Gasteiger partial charge in [0.25, 0.3) is 0 Å². The predicted molar refractivity (Wildman–Crippen MR) is 73.7 cm³/mol. The minimum Gasteiger partial charge on any atom is -0.314 e. The molecule has 0 aliphatic carbocycles. The van der Waals surface area contributed by atoms with Crippen molar-refractivity contribution in [2.45, 2.75) is 6.42 Å². The van der Waals surface area contributed by atoms with Crippen LogP contribution in [0.5, 0.6) is 0 Å². The smallest absolute Gasteiger partial charge is 0.0679 e.